The second-order valence-corrected chi connectivity index (χ2v) is 18.9. The lowest BCUT2D eigenvalue weighted by Crippen LogP contribution is -2.37. The minimum atomic E-state index is -4.63. The van der Waals surface area contributed by atoms with Gasteiger partial charge in [0, 0.05) is 12.8 Å². The highest BCUT2D eigenvalue weighted by Crippen LogP contribution is 2.38. The summed E-state index contributed by atoms with van der Waals surface area (Å²) in [5.41, 5.74) is 0. The van der Waals surface area contributed by atoms with Crippen molar-refractivity contribution in [2.24, 2.45) is 0 Å². The Hall–Kier alpha value is -1.51. The Morgan fingerprint density at radius 3 is 1.28 bits per heavy atom. The first-order chi connectivity index (χ1) is 28.0. The lowest BCUT2D eigenvalue weighted by molar-refractivity contribution is -0.870. The quantitative estimate of drug-likeness (QED) is 0.0196. The molecule has 0 aliphatic rings. The number of esters is 2. The molecule has 0 fully saturated rings. The van der Waals surface area contributed by atoms with E-state index in [1.54, 1.807) is 0 Å². The molecule has 0 aromatic rings. The smallest absolute Gasteiger partial charge is 0.306 e. The van der Waals surface area contributed by atoms with Crippen molar-refractivity contribution in [1.29, 1.82) is 0 Å². The molecule has 0 spiro atoms. The number of phosphoric ester groups is 1. The van der Waals surface area contributed by atoms with Gasteiger partial charge in [0.15, 0.2) is 6.10 Å². The van der Waals surface area contributed by atoms with Crippen molar-refractivity contribution < 1.29 is 42.1 Å². The normalized spacial score (nSPS) is 13.7. The summed E-state index contributed by atoms with van der Waals surface area (Å²) in [7, 11) is 1.16. The number of hydrogen-bond acceptors (Lipinski definition) is 8. The summed E-state index contributed by atoms with van der Waals surface area (Å²) in [4.78, 5) is 37.6. The maximum atomic E-state index is 12.7. The standard InChI is InChI=1S/C48H92NO8P/c1-6-8-10-12-14-16-18-20-22-24-26-28-30-32-34-36-38-40-47(50)54-44-46(45-56-58(52,53)55-43-42-49(3,4)5)57-48(51)41-39-37-35-33-31-29-27-25-23-21-19-17-15-13-11-9-7-2/h24-27,46H,6-23,28-45H2,1-5H3/b26-24-,27-25-. The third-order valence-electron chi connectivity index (χ3n) is 10.4. The van der Waals surface area contributed by atoms with Gasteiger partial charge < -0.3 is 27.9 Å². The van der Waals surface area contributed by atoms with Gasteiger partial charge in [0.05, 0.1) is 27.7 Å². The average Bonchev–Trinajstić information content (AvgIpc) is 3.17. The summed E-state index contributed by atoms with van der Waals surface area (Å²) in [5.74, 6) is -0.847. The van der Waals surface area contributed by atoms with Crippen molar-refractivity contribution in [3.05, 3.63) is 24.3 Å². The highest BCUT2D eigenvalue weighted by molar-refractivity contribution is 7.45. The number of nitrogens with zero attached hydrogens (tertiary/aromatic N) is 1. The molecule has 2 atom stereocenters. The number of quaternary nitrogens is 1. The SMILES string of the molecule is CCCCCCCCCC/C=C\CCCCCCCC(=O)OCC(COP(=O)([O-])OCC[N+](C)(C)C)OC(=O)CCCCCCC/C=C\CCCCCCCCCC. The van der Waals surface area contributed by atoms with Crippen LogP contribution in [0.2, 0.25) is 0 Å². The Balaban J connectivity index is 4.32. The van der Waals surface area contributed by atoms with Crippen LogP contribution in [0.1, 0.15) is 219 Å². The van der Waals surface area contributed by atoms with E-state index in [1.165, 1.54) is 116 Å². The number of carbonyl (C=O) groups is 2. The third-order valence-corrected chi connectivity index (χ3v) is 11.4. The maximum absolute atomic E-state index is 12.7. The van der Waals surface area contributed by atoms with Crippen LogP contribution in [-0.2, 0) is 32.7 Å². The number of unbranched alkanes of at least 4 members (excludes halogenated alkanes) is 26. The first kappa shape index (κ1) is 56.5. The minimum absolute atomic E-state index is 0.0324. The monoisotopic (exact) mass is 842 g/mol. The van der Waals surface area contributed by atoms with Crippen LogP contribution in [0.5, 0.6) is 0 Å². The Morgan fingerprint density at radius 1 is 0.517 bits per heavy atom. The number of rotatable bonds is 44. The van der Waals surface area contributed by atoms with E-state index in [1.807, 2.05) is 21.1 Å². The van der Waals surface area contributed by atoms with Crippen molar-refractivity contribution >= 4 is 19.8 Å². The van der Waals surface area contributed by atoms with E-state index in [4.69, 9.17) is 18.5 Å². The average molecular weight is 842 g/mol. The van der Waals surface area contributed by atoms with Gasteiger partial charge >= 0.3 is 11.9 Å². The van der Waals surface area contributed by atoms with Gasteiger partial charge in [-0.15, -0.1) is 0 Å². The van der Waals surface area contributed by atoms with Crippen LogP contribution in [-0.4, -0.2) is 70.0 Å². The molecular weight excluding hydrogens is 750 g/mol. The molecule has 0 bridgehead atoms. The Kier molecular flexibility index (Phi) is 39.8. The summed E-state index contributed by atoms with van der Waals surface area (Å²) in [5, 5.41) is 0. The van der Waals surface area contributed by atoms with Crippen molar-refractivity contribution in [3.8, 4) is 0 Å². The number of phosphoric acid groups is 1. The lowest BCUT2D eigenvalue weighted by Gasteiger charge is -2.28. The molecule has 0 heterocycles. The van der Waals surface area contributed by atoms with Gasteiger partial charge in [0.2, 0.25) is 0 Å². The predicted octanol–water partition coefficient (Wildman–Crippen LogP) is 13.3. The first-order valence-electron chi connectivity index (χ1n) is 24.0. The largest absolute Gasteiger partial charge is 0.756 e. The Labute approximate surface area is 358 Å². The Bertz CT molecular complexity index is 1040. The van der Waals surface area contributed by atoms with Gasteiger partial charge in [-0.2, -0.15) is 0 Å². The predicted molar refractivity (Wildman–Crippen MR) is 241 cm³/mol. The summed E-state index contributed by atoms with van der Waals surface area (Å²) in [6, 6.07) is 0. The molecule has 0 aromatic heterocycles. The molecule has 342 valence electrons. The zero-order valence-corrected chi connectivity index (χ0v) is 39.4. The van der Waals surface area contributed by atoms with E-state index in [0.29, 0.717) is 17.4 Å². The second-order valence-electron chi connectivity index (χ2n) is 17.5. The molecule has 2 unspecified atom stereocenters. The van der Waals surface area contributed by atoms with E-state index in [0.717, 1.165) is 70.6 Å². The van der Waals surface area contributed by atoms with Gasteiger partial charge in [-0.1, -0.05) is 167 Å². The van der Waals surface area contributed by atoms with Gasteiger partial charge in [-0.25, -0.2) is 0 Å². The molecule has 0 rings (SSSR count). The topological polar surface area (TPSA) is 111 Å². The van der Waals surface area contributed by atoms with Gasteiger partial charge in [0.1, 0.15) is 19.8 Å². The number of carbonyl (C=O) groups excluding carboxylic acids is 2. The maximum Gasteiger partial charge on any atom is 0.306 e. The van der Waals surface area contributed by atoms with E-state index in [2.05, 4.69) is 38.2 Å². The van der Waals surface area contributed by atoms with Crippen molar-refractivity contribution in [3.63, 3.8) is 0 Å². The molecule has 9 nitrogen and oxygen atoms in total. The van der Waals surface area contributed by atoms with E-state index < -0.39 is 32.5 Å². The zero-order chi connectivity index (χ0) is 42.8. The summed E-state index contributed by atoms with van der Waals surface area (Å²) < 4.78 is 34.0. The summed E-state index contributed by atoms with van der Waals surface area (Å²) in [6.45, 7) is 4.23. The summed E-state index contributed by atoms with van der Waals surface area (Å²) in [6.07, 6.45) is 44.9. The van der Waals surface area contributed by atoms with Crippen LogP contribution in [0.4, 0.5) is 0 Å². The summed E-state index contributed by atoms with van der Waals surface area (Å²) >= 11 is 0. The van der Waals surface area contributed by atoms with E-state index >= 15 is 0 Å². The van der Waals surface area contributed by atoms with Crippen molar-refractivity contribution in [1.82, 2.24) is 0 Å². The highest BCUT2D eigenvalue weighted by Gasteiger charge is 2.21. The lowest BCUT2D eigenvalue weighted by atomic mass is 10.1. The number of ether oxygens (including phenoxy) is 2. The fraction of sp³-hybridized carbons (Fsp3) is 0.875. The molecule has 0 amide bonds. The van der Waals surface area contributed by atoms with Gasteiger partial charge in [0.25, 0.3) is 7.82 Å². The van der Waals surface area contributed by atoms with Crippen LogP contribution < -0.4 is 4.89 Å². The molecular formula is C48H92NO8P. The minimum Gasteiger partial charge on any atom is -0.756 e. The zero-order valence-electron chi connectivity index (χ0n) is 38.5. The molecule has 0 radical (unpaired) electrons. The van der Waals surface area contributed by atoms with Gasteiger partial charge in [-0.05, 0) is 64.2 Å². The van der Waals surface area contributed by atoms with Gasteiger partial charge in [-0.3, -0.25) is 14.2 Å². The molecule has 0 saturated carbocycles. The van der Waals surface area contributed by atoms with Crippen LogP contribution in [0.15, 0.2) is 24.3 Å². The third kappa shape index (κ3) is 44.1. The number of hydrogen-bond donors (Lipinski definition) is 0. The van der Waals surface area contributed by atoms with E-state index in [9.17, 15) is 19.0 Å². The molecule has 0 aromatic carbocycles. The van der Waals surface area contributed by atoms with Crippen LogP contribution in [0.25, 0.3) is 0 Å². The van der Waals surface area contributed by atoms with Crippen LogP contribution in [0.3, 0.4) is 0 Å². The van der Waals surface area contributed by atoms with Crippen molar-refractivity contribution in [2.75, 3.05) is 47.5 Å². The fourth-order valence-corrected chi connectivity index (χ4v) is 7.37. The highest BCUT2D eigenvalue weighted by atomic mass is 31.2. The number of allylic oxidation sites excluding steroid dienone is 4. The molecule has 0 saturated heterocycles. The molecule has 0 aliphatic carbocycles. The second kappa shape index (κ2) is 40.9. The molecule has 0 N–H and O–H groups in total. The molecule has 0 aliphatic heterocycles. The first-order valence-corrected chi connectivity index (χ1v) is 25.5. The molecule has 58 heavy (non-hydrogen) atoms. The Morgan fingerprint density at radius 2 is 0.879 bits per heavy atom. The van der Waals surface area contributed by atoms with Crippen LogP contribution >= 0.6 is 7.82 Å². The number of likely N-dealkylation sites (N-methyl/N-ethyl adjacent to an activating group) is 1. The fourth-order valence-electron chi connectivity index (χ4n) is 6.64. The van der Waals surface area contributed by atoms with E-state index in [-0.39, 0.29) is 26.1 Å². The molecule has 10 heteroatoms. The van der Waals surface area contributed by atoms with Crippen molar-refractivity contribution in [2.45, 2.75) is 225 Å². The van der Waals surface area contributed by atoms with Crippen LogP contribution in [0, 0.1) is 0 Å².